The molecule has 100 valence electrons. The van der Waals surface area contributed by atoms with Crippen molar-refractivity contribution in [1.82, 2.24) is 30.0 Å². The topological polar surface area (TPSA) is 82.1 Å². The zero-order valence-corrected chi connectivity index (χ0v) is 10.3. The first-order valence-corrected chi connectivity index (χ1v) is 6.38. The summed E-state index contributed by atoms with van der Waals surface area (Å²) in [5, 5.41) is 12.0. The summed E-state index contributed by atoms with van der Waals surface area (Å²) in [5.41, 5.74) is 1.04. The summed E-state index contributed by atoms with van der Waals surface area (Å²) in [7, 11) is 0. The standard InChI is InChI=1S/C11H14N6O2/c1-2-16(5-11-12-7-19-14-11)4-9-10(1)18-6-8-3-13-15-17(8)9/h3,7,9-10H,1-2,4-6H2/t9-,10-/m0/s1. The number of rotatable bonds is 2. The number of ether oxygens (including phenoxy) is 1. The van der Waals surface area contributed by atoms with E-state index in [0.717, 1.165) is 25.2 Å². The first-order chi connectivity index (χ1) is 9.40. The Kier molecular flexibility index (Phi) is 2.56. The van der Waals surface area contributed by atoms with Crippen LogP contribution in [-0.2, 0) is 17.9 Å². The summed E-state index contributed by atoms with van der Waals surface area (Å²) in [5.74, 6) is 0.717. The van der Waals surface area contributed by atoms with Crippen molar-refractivity contribution >= 4 is 0 Å². The van der Waals surface area contributed by atoms with Gasteiger partial charge < -0.3 is 9.26 Å². The lowest BCUT2D eigenvalue weighted by Crippen LogP contribution is -2.47. The Morgan fingerprint density at radius 1 is 1.42 bits per heavy atom. The van der Waals surface area contributed by atoms with Gasteiger partial charge in [-0.05, 0) is 6.42 Å². The number of aromatic nitrogens is 5. The molecule has 1 fully saturated rings. The van der Waals surface area contributed by atoms with Crippen molar-refractivity contribution in [3.8, 4) is 0 Å². The first-order valence-electron chi connectivity index (χ1n) is 6.38. The van der Waals surface area contributed by atoms with Crippen LogP contribution in [0.4, 0.5) is 0 Å². The minimum atomic E-state index is 0.229. The Morgan fingerprint density at radius 3 is 3.32 bits per heavy atom. The molecule has 4 heterocycles. The molecule has 0 N–H and O–H groups in total. The average Bonchev–Trinajstić information content (AvgIpc) is 3.08. The van der Waals surface area contributed by atoms with E-state index in [4.69, 9.17) is 9.26 Å². The van der Waals surface area contributed by atoms with Gasteiger partial charge in [-0.1, -0.05) is 10.4 Å². The van der Waals surface area contributed by atoms with Crippen LogP contribution >= 0.6 is 0 Å². The maximum absolute atomic E-state index is 5.87. The average molecular weight is 262 g/mol. The van der Waals surface area contributed by atoms with Gasteiger partial charge in [0.1, 0.15) is 0 Å². The lowest BCUT2D eigenvalue weighted by molar-refractivity contribution is -0.0673. The molecule has 0 spiro atoms. The first kappa shape index (κ1) is 11.1. The normalized spacial score (nSPS) is 26.9. The van der Waals surface area contributed by atoms with Crippen LogP contribution in [-0.4, -0.2) is 49.2 Å². The van der Waals surface area contributed by atoms with Crippen molar-refractivity contribution in [2.45, 2.75) is 31.7 Å². The van der Waals surface area contributed by atoms with Gasteiger partial charge in [0.15, 0.2) is 5.82 Å². The highest BCUT2D eigenvalue weighted by atomic mass is 16.5. The molecule has 2 aliphatic heterocycles. The van der Waals surface area contributed by atoms with Gasteiger partial charge in [-0.2, -0.15) is 4.98 Å². The smallest absolute Gasteiger partial charge is 0.213 e. The molecule has 0 aromatic carbocycles. The Morgan fingerprint density at radius 2 is 2.42 bits per heavy atom. The van der Waals surface area contributed by atoms with Crippen LogP contribution in [0.15, 0.2) is 17.1 Å². The molecule has 0 unspecified atom stereocenters. The van der Waals surface area contributed by atoms with Crippen LogP contribution in [0.3, 0.4) is 0 Å². The highest BCUT2D eigenvalue weighted by molar-refractivity contribution is 5.01. The molecule has 0 amide bonds. The van der Waals surface area contributed by atoms with E-state index in [0.29, 0.717) is 19.0 Å². The van der Waals surface area contributed by atoms with Crippen molar-refractivity contribution in [2.75, 3.05) is 13.1 Å². The van der Waals surface area contributed by atoms with Crippen LogP contribution in [0.2, 0.25) is 0 Å². The van der Waals surface area contributed by atoms with Gasteiger partial charge in [-0.3, -0.25) is 4.90 Å². The molecule has 0 radical (unpaired) electrons. The molecule has 8 nitrogen and oxygen atoms in total. The number of hydrogen-bond acceptors (Lipinski definition) is 7. The van der Waals surface area contributed by atoms with E-state index in [-0.39, 0.29) is 12.1 Å². The van der Waals surface area contributed by atoms with Gasteiger partial charge in [-0.25, -0.2) is 4.68 Å². The van der Waals surface area contributed by atoms with E-state index in [1.54, 1.807) is 6.20 Å². The quantitative estimate of drug-likeness (QED) is 0.753. The van der Waals surface area contributed by atoms with Crippen molar-refractivity contribution in [1.29, 1.82) is 0 Å². The predicted octanol–water partition coefficient (Wildman–Crippen LogP) is 0.00690. The molecule has 0 aliphatic carbocycles. The summed E-state index contributed by atoms with van der Waals surface area (Å²) in [6.07, 6.45) is 4.35. The minimum absolute atomic E-state index is 0.229. The van der Waals surface area contributed by atoms with E-state index in [9.17, 15) is 0 Å². The third-order valence-corrected chi connectivity index (χ3v) is 3.78. The second kappa shape index (κ2) is 4.39. The van der Waals surface area contributed by atoms with E-state index >= 15 is 0 Å². The van der Waals surface area contributed by atoms with E-state index in [1.807, 2.05) is 4.68 Å². The maximum Gasteiger partial charge on any atom is 0.213 e. The van der Waals surface area contributed by atoms with Gasteiger partial charge in [0.25, 0.3) is 0 Å². The highest BCUT2D eigenvalue weighted by Crippen LogP contribution is 2.30. The van der Waals surface area contributed by atoms with Gasteiger partial charge in [0.2, 0.25) is 6.39 Å². The zero-order valence-electron chi connectivity index (χ0n) is 10.3. The number of nitrogens with zero attached hydrogens (tertiary/aromatic N) is 6. The van der Waals surface area contributed by atoms with Crippen molar-refractivity contribution < 1.29 is 9.26 Å². The monoisotopic (exact) mass is 262 g/mol. The molecular formula is C11H14N6O2. The van der Waals surface area contributed by atoms with Gasteiger partial charge in [0, 0.05) is 13.1 Å². The van der Waals surface area contributed by atoms with Crippen molar-refractivity contribution in [3.05, 3.63) is 24.1 Å². The number of piperidine rings is 1. The lowest BCUT2D eigenvalue weighted by atomic mass is 10.0. The SMILES string of the molecule is c1nc(CN2CC[C@@H]3OCc4cnnn4[C@H]3C2)no1. The van der Waals surface area contributed by atoms with Gasteiger partial charge in [0.05, 0.1) is 37.2 Å². The Bertz CT molecular complexity index is 553. The summed E-state index contributed by atoms with van der Waals surface area (Å²) in [6.45, 7) is 3.15. The summed E-state index contributed by atoms with van der Waals surface area (Å²) in [6, 6.07) is 0.229. The lowest BCUT2D eigenvalue weighted by Gasteiger charge is -2.40. The molecule has 0 bridgehead atoms. The summed E-state index contributed by atoms with van der Waals surface area (Å²) >= 11 is 0. The number of likely N-dealkylation sites (tertiary alicyclic amines) is 1. The zero-order chi connectivity index (χ0) is 12.7. The number of fused-ring (bicyclic) bond motifs is 3. The minimum Gasteiger partial charge on any atom is -0.370 e. The largest absolute Gasteiger partial charge is 0.370 e. The second-order valence-corrected chi connectivity index (χ2v) is 4.96. The summed E-state index contributed by atoms with van der Waals surface area (Å²) < 4.78 is 12.6. The van der Waals surface area contributed by atoms with Crippen LogP contribution < -0.4 is 0 Å². The molecule has 2 aliphatic rings. The fourth-order valence-corrected chi connectivity index (χ4v) is 2.85. The molecule has 8 heteroatoms. The Labute approximate surface area is 109 Å². The van der Waals surface area contributed by atoms with Crippen LogP contribution in [0.1, 0.15) is 24.0 Å². The van der Waals surface area contributed by atoms with Crippen molar-refractivity contribution in [2.24, 2.45) is 0 Å². The molecule has 2 aromatic heterocycles. The van der Waals surface area contributed by atoms with Crippen molar-refractivity contribution in [3.63, 3.8) is 0 Å². The van der Waals surface area contributed by atoms with Crippen LogP contribution in [0.25, 0.3) is 0 Å². The fourth-order valence-electron chi connectivity index (χ4n) is 2.85. The van der Waals surface area contributed by atoms with Gasteiger partial charge in [-0.15, -0.1) is 5.10 Å². The van der Waals surface area contributed by atoms with Crippen LogP contribution in [0, 0.1) is 0 Å². The molecular weight excluding hydrogens is 248 g/mol. The maximum atomic E-state index is 5.87. The van der Waals surface area contributed by atoms with E-state index in [1.165, 1.54) is 6.39 Å². The predicted molar refractivity (Wildman–Crippen MR) is 61.8 cm³/mol. The van der Waals surface area contributed by atoms with E-state index < -0.39 is 0 Å². The second-order valence-electron chi connectivity index (χ2n) is 4.96. The molecule has 0 saturated carbocycles. The third kappa shape index (κ3) is 1.92. The van der Waals surface area contributed by atoms with Crippen LogP contribution in [0.5, 0.6) is 0 Å². The fraction of sp³-hybridized carbons (Fsp3) is 0.636. The Hall–Kier alpha value is -1.80. The third-order valence-electron chi connectivity index (χ3n) is 3.78. The number of hydrogen-bond donors (Lipinski definition) is 0. The molecule has 1 saturated heterocycles. The molecule has 2 aromatic rings. The van der Waals surface area contributed by atoms with Gasteiger partial charge >= 0.3 is 0 Å². The summed E-state index contributed by atoms with van der Waals surface area (Å²) in [4.78, 5) is 6.36. The molecule has 2 atom stereocenters. The molecule has 19 heavy (non-hydrogen) atoms. The highest BCUT2D eigenvalue weighted by Gasteiger charge is 2.36. The molecule has 4 rings (SSSR count). The Balaban J connectivity index is 1.52. The van der Waals surface area contributed by atoms with E-state index in [2.05, 4.69) is 25.4 Å².